The fraction of sp³-hybridized carbons (Fsp3) is 0.278. The molecule has 3 rings (SSSR count). The summed E-state index contributed by atoms with van der Waals surface area (Å²) in [6, 6.07) is 7.46. The quantitative estimate of drug-likeness (QED) is 0.824. The Morgan fingerprint density at radius 1 is 1.00 bits per heavy atom. The van der Waals surface area contributed by atoms with Crippen molar-refractivity contribution in [1.29, 1.82) is 0 Å². The Kier molecular flexibility index (Phi) is 5.30. The van der Waals surface area contributed by atoms with E-state index in [1.807, 2.05) is 4.90 Å². The van der Waals surface area contributed by atoms with Crippen LogP contribution in [0.25, 0.3) is 0 Å². The molecule has 1 heterocycles. The lowest BCUT2D eigenvalue weighted by molar-refractivity contribution is 0.0622. The van der Waals surface area contributed by atoms with Crippen LogP contribution < -0.4 is 0 Å². The second-order valence-electron chi connectivity index (χ2n) is 5.89. The van der Waals surface area contributed by atoms with E-state index in [4.69, 9.17) is 11.6 Å². The van der Waals surface area contributed by atoms with Crippen LogP contribution in [0.5, 0.6) is 0 Å². The average Bonchev–Trinajstić information content (AvgIpc) is 2.58. The summed E-state index contributed by atoms with van der Waals surface area (Å²) in [5.74, 6) is -2.42. The molecule has 0 bridgehead atoms. The van der Waals surface area contributed by atoms with Gasteiger partial charge in [0.25, 0.3) is 5.91 Å². The van der Waals surface area contributed by atoms with Crippen molar-refractivity contribution in [3.05, 3.63) is 70.0 Å². The summed E-state index contributed by atoms with van der Waals surface area (Å²) in [5, 5.41) is 0.367. The van der Waals surface area contributed by atoms with Crippen molar-refractivity contribution in [3.8, 4) is 0 Å². The van der Waals surface area contributed by atoms with Crippen LogP contribution in [0.15, 0.2) is 36.4 Å². The molecule has 0 N–H and O–H groups in total. The first-order chi connectivity index (χ1) is 12.0. The highest BCUT2D eigenvalue weighted by Gasteiger charge is 2.25. The van der Waals surface area contributed by atoms with E-state index in [1.165, 1.54) is 11.0 Å². The number of carbonyl (C=O) groups is 1. The summed E-state index contributed by atoms with van der Waals surface area (Å²) in [6.07, 6.45) is 0. The first-order valence-corrected chi connectivity index (χ1v) is 8.23. The molecule has 1 fully saturated rings. The minimum atomic E-state index is -0.870. The van der Waals surface area contributed by atoms with Gasteiger partial charge in [-0.15, -0.1) is 0 Å². The van der Waals surface area contributed by atoms with E-state index in [0.29, 0.717) is 49.4 Å². The van der Waals surface area contributed by atoms with Gasteiger partial charge in [-0.05, 0) is 24.3 Å². The van der Waals surface area contributed by atoms with Crippen LogP contribution in [0.3, 0.4) is 0 Å². The fourth-order valence-electron chi connectivity index (χ4n) is 2.85. The molecule has 1 saturated heterocycles. The molecule has 7 heteroatoms. The van der Waals surface area contributed by atoms with Crippen molar-refractivity contribution < 1.29 is 18.0 Å². The number of benzene rings is 2. The Bertz CT molecular complexity index is 772. The van der Waals surface area contributed by atoms with Gasteiger partial charge >= 0.3 is 0 Å². The average molecular weight is 369 g/mol. The topological polar surface area (TPSA) is 23.6 Å². The maximum Gasteiger partial charge on any atom is 0.256 e. The molecule has 0 spiro atoms. The molecular formula is C18H16ClF3N2O. The molecule has 1 aliphatic rings. The SMILES string of the molecule is O=C(c1ccc(F)cc1F)N1CCN(Cc2c(F)cccc2Cl)CC1. The minimum absolute atomic E-state index is 0.146. The van der Waals surface area contributed by atoms with Gasteiger partial charge in [0.2, 0.25) is 0 Å². The molecule has 0 unspecified atom stereocenters. The van der Waals surface area contributed by atoms with E-state index in [2.05, 4.69) is 0 Å². The van der Waals surface area contributed by atoms with Crippen LogP contribution in [0, 0.1) is 17.5 Å². The standard InChI is InChI=1S/C18H16ClF3N2O/c19-15-2-1-3-16(21)14(15)11-23-6-8-24(9-7-23)18(25)13-5-4-12(20)10-17(13)22/h1-5,10H,6-9,11H2. The summed E-state index contributed by atoms with van der Waals surface area (Å²) in [4.78, 5) is 15.9. The number of nitrogens with zero attached hydrogens (tertiary/aromatic N) is 2. The number of halogens is 4. The largest absolute Gasteiger partial charge is 0.336 e. The monoisotopic (exact) mass is 368 g/mol. The van der Waals surface area contributed by atoms with Crippen LogP contribution in [0.1, 0.15) is 15.9 Å². The van der Waals surface area contributed by atoms with E-state index in [1.54, 1.807) is 12.1 Å². The molecule has 0 aromatic heterocycles. The van der Waals surface area contributed by atoms with Crippen molar-refractivity contribution in [3.63, 3.8) is 0 Å². The molecule has 0 saturated carbocycles. The van der Waals surface area contributed by atoms with Gasteiger partial charge in [0.15, 0.2) is 0 Å². The highest BCUT2D eigenvalue weighted by Crippen LogP contribution is 2.22. The van der Waals surface area contributed by atoms with Gasteiger partial charge in [-0.3, -0.25) is 9.69 Å². The number of amides is 1. The van der Waals surface area contributed by atoms with Crippen LogP contribution >= 0.6 is 11.6 Å². The molecule has 1 aliphatic heterocycles. The minimum Gasteiger partial charge on any atom is -0.336 e. The Balaban J connectivity index is 1.63. The molecule has 0 radical (unpaired) electrons. The zero-order valence-electron chi connectivity index (χ0n) is 13.3. The van der Waals surface area contributed by atoms with Crippen molar-refractivity contribution in [1.82, 2.24) is 9.80 Å². The number of rotatable bonds is 3. The van der Waals surface area contributed by atoms with Crippen LogP contribution in [-0.2, 0) is 6.54 Å². The summed E-state index contributed by atoms with van der Waals surface area (Å²) < 4.78 is 40.6. The predicted octanol–water partition coefficient (Wildman–Crippen LogP) is 3.72. The van der Waals surface area contributed by atoms with E-state index < -0.39 is 17.5 Å². The molecule has 1 amide bonds. The first-order valence-electron chi connectivity index (χ1n) is 7.85. The molecule has 0 aliphatic carbocycles. The number of carbonyl (C=O) groups excluding carboxylic acids is 1. The molecular weight excluding hydrogens is 353 g/mol. The van der Waals surface area contributed by atoms with Gasteiger partial charge in [0.1, 0.15) is 17.5 Å². The first kappa shape index (κ1) is 17.8. The lowest BCUT2D eigenvalue weighted by atomic mass is 10.1. The van der Waals surface area contributed by atoms with Crippen LogP contribution in [0.4, 0.5) is 13.2 Å². The fourth-order valence-corrected chi connectivity index (χ4v) is 3.07. The van der Waals surface area contributed by atoms with Gasteiger partial charge in [0.05, 0.1) is 5.56 Å². The van der Waals surface area contributed by atoms with E-state index >= 15 is 0 Å². The van der Waals surface area contributed by atoms with Gasteiger partial charge in [-0.2, -0.15) is 0 Å². The highest BCUT2D eigenvalue weighted by atomic mass is 35.5. The Morgan fingerprint density at radius 2 is 1.72 bits per heavy atom. The Morgan fingerprint density at radius 3 is 2.36 bits per heavy atom. The third-order valence-corrected chi connectivity index (χ3v) is 4.62. The van der Waals surface area contributed by atoms with Gasteiger partial charge in [-0.25, -0.2) is 13.2 Å². The maximum atomic E-state index is 13.9. The van der Waals surface area contributed by atoms with E-state index in [0.717, 1.165) is 12.1 Å². The van der Waals surface area contributed by atoms with Crippen molar-refractivity contribution >= 4 is 17.5 Å². The Labute approximate surface area is 148 Å². The van der Waals surface area contributed by atoms with Crippen molar-refractivity contribution in [2.24, 2.45) is 0 Å². The third-order valence-electron chi connectivity index (χ3n) is 4.26. The van der Waals surface area contributed by atoms with Crippen LogP contribution in [0.2, 0.25) is 5.02 Å². The molecule has 3 nitrogen and oxygen atoms in total. The molecule has 2 aromatic rings. The van der Waals surface area contributed by atoms with Gasteiger partial charge in [-0.1, -0.05) is 17.7 Å². The molecule has 0 atom stereocenters. The lowest BCUT2D eigenvalue weighted by Gasteiger charge is -2.35. The zero-order valence-corrected chi connectivity index (χ0v) is 14.1. The maximum absolute atomic E-state index is 13.9. The molecule has 132 valence electrons. The van der Waals surface area contributed by atoms with Gasteiger partial charge < -0.3 is 4.90 Å². The third kappa shape index (κ3) is 3.96. The zero-order chi connectivity index (χ0) is 18.0. The van der Waals surface area contributed by atoms with Gasteiger partial charge in [0, 0.05) is 49.4 Å². The second kappa shape index (κ2) is 7.45. The second-order valence-corrected chi connectivity index (χ2v) is 6.30. The smallest absolute Gasteiger partial charge is 0.256 e. The lowest BCUT2D eigenvalue weighted by Crippen LogP contribution is -2.48. The predicted molar refractivity (Wildman–Crippen MR) is 88.9 cm³/mol. The molecule has 2 aromatic carbocycles. The van der Waals surface area contributed by atoms with E-state index in [-0.39, 0.29) is 11.4 Å². The number of hydrogen-bond donors (Lipinski definition) is 0. The number of piperazine rings is 1. The summed E-state index contributed by atoms with van der Waals surface area (Å²) >= 11 is 6.03. The molecule has 25 heavy (non-hydrogen) atoms. The summed E-state index contributed by atoms with van der Waals surface area (Å²) in [5.41, 5.74) is 0.278. The van der Waals surface area contributed by atoms with E-state index in [9.17, 15) is 18.0 Å². The van der Waals surface area contributed by atoms with Crippen LogP contribution in [-0.4, -0.2) is 41.9 Å². The van der Waals surface area contributed by atoms with Crippen molar-refractivity contribution in [2.75, 3.05) is 26.2 Å². The Hall–Kier alpha value is -2.05. The summed E-state index contributed by atoms with van der Waals surface area (Å²) in [6.45, 7) is 2.13. The van der Waals surface area contributed by atoms with Crippen molar-refractivity contribution in [2.45, 2.75) is 6.54 Å². The highest BCUT2D eigenvalue weighted by molar-refractivity contribution is 6.31. The normalized spacial score (nSPS) is 15.4. The number of hydrogen-bond acceptors (Lipinski definition) is 2. The summed E-state index contributed by atoms with van der Waals surface area (Å²) in [7, 11) is 0.